The number of H-pyrrole nitrogens is 1. The van der Waals surface area contributed by atoms with E-state index in [1.165, 1.54) is 19.3 Å². The van der Waals surface area contributed by atoms with Gasteiger partial charge in [-0.3, -0.25) is 9.69 Å². The normalized spacial score (nSPS) is 16.9. The molecule has 0 amide bonds. The summed E-state index contributed by atoms with van der Waals surface area (Å²) in [4.78, 5) is 32.8. The number of aryl methyl sites for hydroxylation is 1. The molecular formula is C27H28FN7O. The van der Waals surface area contributed by atoms with Crippen LogP contribution in [0.4, 0.5) is 15.9 Å². The molecule has 0 atom stereocenters. The summed E-state index contributed by atoms with van der Waals surface area (Å²) in [5.41, 5.74) is 9.22. The molecule has 0 bridgehead atoms. The van der Waals surface area contributed by atoms with Crippen LogP contribution in [0.25, 0.3) is 33.4 Å². The van der Waals surface area contributed by atoms with Crippen molar-refractivity contribution in [1.82, 2.24) is 24.8 Å². The summed E-state index contributed by atoms with van der Waals surface area (Å²) < 4.78 is 14.9. The Kier molecular flexibility index (Phi) is 5.64. The molecule has 2 aliphatic rings. The maximum absolute atomic E-state index is 14.9. The summed E-state index contributed by atoms with van der Waals surface area (Å²) in [6.45, 7) is 5.87. The number of hydrogen-bond acceptors (Lipinski definition) is 7. The van der Waals surface area contributed by atoms with Crippen LogP contribution >= 0.6 is 0 Å². The van der Waals surface area contributed by atoms with Gasteiger partial charge in [0.05, 0.1) is 10.9 Å². The monoisotopic (exact) mass is 485 g/mol. The summed E-state index contributed by atoms with van der Waals surface area (Å²) in [5.74, 6) is -0.226. The second-order valence-corrected chi connectivity index (χ2v) is 9.63. The third-order valence-corrected chi connectivity index (χ3v) is 7.39. The third-order valence-electron chi connectivity index (χ3n) is 7.39. The Balaban J connectivity index is 1.27. The van der Waals surface area contributed by atoms with Crippen molar-refractivity contribution in [2.24, 2.45) is 0 Å². The van der Waals surface area contributed by atoms with E-state index in [0.717, 1.165) is 37.9 Å². The average Bonchev–Trinajstić information content (AvgIpc) is 2.83. The molecule has 0 radical (unpaired) electrons. The fourth-order valence-corrected chi connectivity index (χ4v) is 5.15. The largest absolute Gasteiger partial charge is 0.382 e. The van der Waals surface area contributed by atoms with E-state index in [9.17, 15) is 9.18 Å². The van der Waals surface area contributed by atoms with Crippen molar-refractivity contribution in [3.05, 3.63) is 64.6 Å². The zero-order valence-corrected chi connectivity index (χ0v) is 20.2. The molecule has 6 rings (SSSR count). The van der Waals surface area contributed by atoms with Crippen molar-refractivity contribution in [3.63, 3.8) is 0 Å². The number of nitrogen functional groups attached to an aromatic ring is 1. The van der Waals surface area contributed by atoms with E-state index in [1.54, 1.807) is 25.1 Å². The number of nitrogens with one attached hydrogen (secondary N) is 1. The number of nitrogens with zero attached hydrogens (tertiary/aromatic N) is 5. The fourth-order valence-electron chi connectivity index (χ4n) is 5.15. The van der Waals surface area contributed by atoms with Gasteiger partial charge in [0.1, 0.15) is 17.2 Å². The molecule has 3 N–H and O–H groups in total. The highest BCUT2D eigenvalue weighted by Crippen LogP contribution is 2.31. The Morgan fingerprint density at radius 2 is 1.67 bits per heavy atom. The standard InChI is InChI=1S/C27H28FN7O/c1-16-30-22-15-18(7-10-21(22)27(36)31-16)24-26(29)33-25(28)23(32-24)17-5-8-20(9-6-17)35-13-11-34(12-14-35)19-3-2-4-19/h5-10,15,19H,2-4,11-14H2,1H3,(H2,29,33)(H,30,31,36). The second kappa shape index (κ2) is 8.98. The van der Waals surface area contributed by atoms with Gasteiger partial charge in [-0.05, 0) is 44.0 Å². The Morgan fingerprint density at radius 3 is 2.36 bits per heavy atom. The molecule has 2 fully saturated rings. The molecule has 1 aliphatic heterocycles. The molecule has 1 saturated heterocycles. The molecule has 8 nitrogen and oxygen atoms in total. The third kappa shape index (κ3) is 4.09. The fraction of sp³-hybridized carbons (Fsp3) is 0.333. The molecular weight excluding hydrogens is 457 g/mol. The van der Waals surface area contributed by atoms with Crippen LogP contribution in [-0.2, 0) is 0 Å². The Morgan fingerprint density at radius 1 is 0.944 bits per heavy atom. The van der Waals surface area contributed by atoms with Crippen LogP contribution in [0.2, 0.25) is 0 Å². The minimum Gasteiger partial charge on any atom is -0.382 e. The van der Waals surface area contributed by atoms with Gasteiger partial charge in [-0.25, -0.2) is 9.97 Å². The first-order valence-electron chi connectivity index (χ1n) is 12.4. The Hall–Kier alpha value is -3.85. The number of aromatic nitrogens is 4. The zero-order chi connectivity index (χ0) is 24.8. The van der Waals surface area contributed by atoms with Gasteiger partial charge in [-0.15, -0.1) is 0 Å². The first kappa shape index (κ1) is 22.6. The van der Waals surface area contributed by atoms with E-state index in [2.05, 4.69) is 29.7 Å². The number of anilines is 2. The first-order chi connectivity index (χ1) is 17.5. The second-order valence-electron chi connectivity index (χ2n) is 9.63. The summed E-state index contributed by atoms with van der Waals surface area (Å²) in [5, 5.41) is 0.460. The van der Waals surface area contributed by atoms with E-state index in [-0.39, 0.29) is 17.1 Å². The molecule has 184 valence electrons. The number of halogens is 1. The lowest BCUT2D eigenvalue weighted by molar-refractivity contribution is 0.120. The van der Waals surface area contributed by atoms with Crippen LogP contribution in [0.1, 0.15) is 25.1 Å². The van der Waals surface area contributed by atoms with Crippen LogP contribution in [0.5, 0.6) is 0 Å². The van der Waals surface area contributed by atoms with Crippen LogP contribution in [0.15, 0.2) is 47.3 Å². The van der Waals surface area contributed by atoms with Crippen LogP contribution in [-0.4, -0.2) is 57.1 Å². The lowest BCUT2D eigenvalue weighted by Gasteiger charge is -2.43. The Labute approximate surface area is 208 Å². The van der Waals surface area contributed by atoms with Gasteiger partial charge in [-0.1, -0.05) is 24.6 Å². The highest BCUT2D eigenvalue weighted by Gasteiger charge is 2.28. The smallest absolute Gasteiger partial charge is 0.258 e. The summed E-state index contributed by atoms with van der Waals surface area (Å²) >= 11 is 0. The van der Waals surface area contributed by atoms with Crippen molar-refractivity contribution in [2.45, 2.75) is 32.2 Å². The topological polar surface area (TPSA) is 104 Å². The SMILES string of the molecule is Cc1nc2cc(-c3nc(-c4ccc(N5CCN(C6CCC6)CC5)cc4)c(F)nc3N)ccc2c(=O)[nH]1. The van der Waals surface area contributed by atoms with Gasteiger partial charge in [-0.2, -0.15) is 9.37 Å². The summed E-state index contributed by atoms with van der Waals surface area (Å²) in [6, 6.07) is 13.7. The highest BCUT2D eigenvalue weighted by molar-refractivity contribution is 5.85. The van der Waals surface area contributed by atoms with Crippen molar-refractivity contribution < 1.29 is 4.39 Å². The number of piperazine rings is 1. The number of hydrogen-bond donors (Lipinski definition) is 2. The molecule has 9 heteroatoms. The number of aromatic amines is 1. The van der Waals surface area contributed by atoms with E-state index in [0.29, 0.717) is 33.5 Å². The van der Waals surface area contributed by atoms with Crippen LogP contribution in [0, 0.1) is 12.9 Å². The molecule has 0 spiro atoms. The zero-order valence-electron chi connectivity index (χ0n) is 20.2. The van der Waals surface area contributed by atoms with Crippen LogP contribution < -0.4 is 16.2 Å². The van der Waals surface area contributed by atoms with Crippen LogP contribution in [0.3, 0.4) is 0 Å². The number of fused-ring (bicyclic) bond motifs is 1. The van der Waals surface area contributed by atoms with Gasteiger partial charge in [0.2, 0.25) is 5.95 Å². The first-order valence-corrected chi connectivity index (χ1v) is 12.4. The quantitative estimate of drug-likeness (QED) is 0.454. The summed E-state index contributed by atoms with van der Waals surface area (Å²) in [7, 11) is 0. The van der Waals surface area contributed by atoms with Gasteiger partial charge in [0.15, 0.2) is 5.82 Å². The predicted molar refractivity (Wildman–Crippen MR) is 139 cm³/mol. The molecule has 1 aliphatic carbocycles. The average molecular weight is 486 g/mol. The number of benzene rings is 2. The summed E-state index contributed by atoms with van der Waals surface area (Å²) in [6.07, 6.45) is 4.02. The van der Waals surface area contributed by atoms with Gasteiger partial charge >= 0.3 is 0 Å². The Bertz CT molecular complexity index is 1490. The maximum Gasteiger partial charge on any atom is 0.258 e. The van der Waals surface area contributed by atoms with Crippen molar-refractivity contribution >= 4 is 22.4 Å². The highest BCUT2D eigenvalue weighted by atomic mass is 19.1. The molecule has 4 aromatic rings. The van der Waals surface area contributed by atoms with Crippen molar-refractivity contribution in [1.29, 1.82) is 0 Å². The maximum atomic E-state index is 14.9. The van der Waals surface area contributed by atoms with E-state index >= 15 is 0 Å². The molecule has 0 unspecified atom stereocenters. The predicted octanol–water partition coefficient (Wildman–Crippen LogP) is 3.75. The van der Waals surface area contributed by atoms with Crippen molar-refractivity contribution in [2.75, 3.05) is 36.8 Å². The van der Waals surface area contributed by atoms with Gasteiger partial charge in [0.25, 0.3) is 5.56 Å². The van der Waals surface area contributed by atoms with Gasteiger partial charge in [0, 0.05) is 49.0 Å². The molecule has 3 heterocycles. The molecule has 1 saturated carbocycles. The number of nitrogens with two attached hydrogens (primary N) is 1. The van der Waals surface area contributed by atoms with E-state index in [4.69, 9.17) is 5.73 Å². The lowest BCUT2D eigenvalue weighted by Crippen LogP contribution is -2.52. The molecule has 36 heavy (non-hydrogen) atoms. The molecule has 2 aromatic heterocycles. The molecule has 2 aromatic carbocycles. The lowest BCUT2D eigenvalue weighted by atomic mass is 9.91. The van der Waals surface area contributed by atoms with Gasteiger partial charge < -0.3 is 15.6 Å². The van der Waals surface area contributed by atoms with Crippen molar-refractivity contribution in [3.8, 4) is 22.5 Å². The minimum atomic E-state index is -0.718. The minimum absolute atomic E-state index is 0.0156. The van der Waals surface area contributed by atoms with E-state index in [1.807, 2.05) is 24.3 Å². The van der Waals surface area contributed by atoms with E-state index < -0.39 is 5.95 Å². The number of rotatable bonds is 4.